The summed E-state index contributed by atoms with van der Waals surface area (Å²) >= 11 is 0. The SMILES string of the molecule is C[C@H](O)[C@H](N)c1ccc2ccccc2c1. The zero-order valence-electron chi connectivity index (χ0n) is 8.72. The number of fused-ring (bicyclic) bond motifs is 1. The summed E-state index contributed by atoms with van der Waals surface area (Å²) in [5.41, 5.74) is 6.85. The van der Waals surface area contributed by atoms with Gasteiger partial charge in [-0.25, -0.2) is 0 Å². The van der Waals surface area contributed by atoms with Crippen LogP contribution in [0.15, 0.2) is 42.5 Å². The fourth-order valence-electron chi connectivity index (χ4n) is 1.69. The van der Waals surface area contributed by atoms with Crippen LogP contribution in [0.3, 0.4) is 0 Å². The van der Waals surface area contributed by atoms with Gasteiger partial charge in [0, 0.05) is 0 Å². The molecule has 0 radical (unpaired) electrons. The van der Waals surface area contributed by atoms with Crippen LogP contribution in [0, 0.1) is 0 Å². The Kier molecular flexibility index (Phi) is 2.71. The molecule has 2 heteroatoms. The average Bonchev–Trinajstić information content (AvgIpc) is 2.27. The van der Waals surface area contributed by atoms with Gasteiger partial charge in [0.15, 0.2) is 0 Å². The van der Waals surface area contributed by atoms with Crippen molar-refractivity contribution in [2.75, 3.05) is 0 Å². The minimum absolute atomic E-state index is 0.311. The summed E-state index contributed by atoms with van der Waals surface area (Å²) in [6, 6.07) is 13.9. The van der Waals surface area contributed by atoms with Crippen molar-refractivity contribution >= 4 is 10.8 Å². The molecule has 15 heavy (non-hydrogen) atoms. The molecule has 0 aliphatic rings. The molecule has 78 valence electrons. The lowest BCUT2D eigenvalue weighted by Gasteiger charge is -2.15. The fraction of sp³-hybridized carbons (Fsp3) is 0.231. The molecule has 0 saturated carbocycles. The molecular weight excluding hydrogens is 186 g/mol. The van der Waals surface area contributed by atoms with Gasteiger partial charge in [0.25, 0.3) is 0 Å². The van der Waals surface area contributed by atoms with Crippen LogP contribution in [0.4, 0.5) is 0 Å². The van der Waals surface area contributed by atoms with E-state index in [1.54, 1.807) is 6.92 Å². The molecular formula is C13H15NO. The monoisotopic (exact) mass is 201 g/mol. The van der Waals surface area contributed by atoms with Gasteiger partial charge in [0.1, 0.15) is 0 Å². The highest BCUT2D eigenvalue weighted by atomic mass is 16.3. The van der Waals surface area contributed by atoms with E-state index in [1.165, 1.54) is 5.39 Å². The molecule has 2 atom stereocenters. The van der Waals surface area contributed by atoms with Crippen LogP contribution in [-0.2, 0) is 0 Å². The maximum atomic E-state index is 9.42. The second-order valence-electron chi connectivity index (χ2n) is 3.87. The third-order valence-electron chi connectivity index (χ3n) is 2.68. The number of hydrogen-bond donors (Lipinski definition) is 2. The maximum absolute atomic E-state index is 9.42. The molecule has 0 aliphatic carbocycles. The number of benzene rings is 2. The standard InChI is InChI=1S/C13H15NO/c1-9(15)13(14)12-7-6-10-4-2-3-5-11(10)8-12/h2-9,13,15H,14H2,1H3/t9-,13-/m0/s1. The number of nitrogens with two attached hydrogens (primary N) is 1. The smallest absolute Gasteiger partial charge is 0.0704 e. The van der Waals surface area contributed by atoms with E-state index in [4.69, 9.17) is 5.73 Å². The molecule has 0 amide bonds. The molecule has 2 rings (SSSR count). The molecule has 0 bridgehead atoms. The highest BCUT2D eigenvalue weighted by molar-refractivity contribution is 5.83. The Morgan fingerprint density at radius 3 is 2.40 bits per heavy atom. The minimum atomic E-state index is -0.522. The zero-order chi connectivity index (χ0) is 10.8. The van der Waals surface area contributed by atoms with Crippen molar-refractivity contribution in [3.63, 3.8) is 0 Å². The van der Waals surface area contributed by atoms with E-state index >= 15 is 0 Å². The van der Waals surface area contributed by atoms with Crippen molar-refractivity contribution in [2.45, 2.75) is 19.1 Å². The van der Waals surface area contributed by atoms with Gasteiger partial charge in [0.05, 0.1) is 12.1 Å². The molecule has 3 N–H and O–H groups in total. The number of hydrogen-bond acceptors (Lipinski definition) is 2. The lowest BCUT2D eigenvalue weighted by atomic mass is 10.00. The first-order chi connectivity index (χ1) is 7.18. The van der Waals surface area contributed by atoms with E-state index in [9.17, 15) is 5.11 Å². The second-order valence-corrected chi connectivity index (χ2v) is 3.87. The van der Waals surface area contributed by atoms with Crippen molar-refractivity contribution in [1.82, 2.24) is 0 Å². The molecule has 0 heterocycles. The summed E-state index contributed by atoms with van der Waals surface area (Å²) in [5, 5.41) is 11.8. The summed E-state index contributed by atoms with van der Waals surface area (Å²) in [4.78, 5) is 0. The van der Waals surface area contributed by atoms with Gasteiger partial charge in [-0.2, -0.15) is 0 Å². The third kappa shape index (κ3) is 2.01. The van der Waals surface area contributed by atoms with Crippen molar-refractivity contribution in [1.29, 1.82) is 0 Å². The molecule has 2 aromatic carbocycles. The molecule has 0 saturated heterocycles. The van der Waals surface area contributed by atoms with Crippen LogP contribution < -0.4 is 5.73 Å². The first kappa shape index (κ1) is 10.1. The Bertz CT molecular complexity index is 465. The number of aliphatic hydroxyl groups is 1. The van der Waals surface area contributed by atoms with E-state index < -0.39 is 6.10 Å². The van der Waals surface area contributed by atoms with Gasteiger partial charge >= 0.3 is 0 Å². The summed E-state index contributed by atoms with van der Waals surface area (Å²) in [6.07, 6.45) is -0.522. The molecule has 0 aliphatic heterocycles. The summed E-state index contributed by atoms with van der Waals surface area (Å²) < 4.78 is 0. The largest absolute Gasteiger partial charge is 0.391 e. The molecule has 0 unspecified atom stereocenters. The second kappa shape index (κ2) is 4.01. The molecule has 2 nitrogen and oxygen atoms in total. The van der Waals surface area contributed by atoms with E-state index in [-0.39, 0.29) is 6.04 Å². The Morgan fingerprint density at radius 1 is 1.07 bits per heavy atom. The predicted molar refractivity (Wildman–Crippen MR) is 62.6 cm³/mol. The molecule has 0 fully saturated rings. The highest BCUT2D eigenvalue weighted by Crippen LogP contribution is 2.20. The van der Waals surface area contributed by atoms with Gasteiger partial charge < -0.3 is 10.8 Å². The number of aliphatic hydroxyl groups excluding tert-OH is 1. The number of rotatable bonds is 2. The van der Waals surface area contributed by atoms with E-state index in [0.29, 0.717) is 0 Å². The topological polar surface area (TPSA) is 46.2 Å². The maximum Gasteiger partial charge on any atom is 0.0704 e. The van der Waals surface area contributed by atoms with Crippen molar-refractivity contribution in [2.24, 2.45) is 5.73 Å². The van der Waals surface area contributed by atoms with Crippen molar-refractivity contribution in [3.8, 4) is 0 Å². The normalized spacial score (nSPS) is 15.1. The molecule has 2 aromatic rings. The van der Waals surface area contributed by atoms with Gasteiger partial charge in [-0.05, 0) is 29.3 Å². The van der Waals surface area contributed by atoms with Gasteiger partial charge in [-0.1, -0.05) is 36.4 Å². The Labute approximate surface area is 89.3 Å². The minimum Gasteiger partial charge on any atom is -0.391 e. The zero-order valence-corrected chi connectivity index (χ0v) is 8.72. The van der Waals surface area contributed by atoms with E-state index in [1.807, 2.05) is 36.4 Å². The van der Waals surface area contributed by atoms with Crippen LogP contribution in [0.2, 0.25) is 0 Å². The molecule has 0 aromatic heterocycles. The predicted octanol–water partition coefficient (Wildman–Crippen LogP) is 2.22. The van der Waals surface area contributed by atoms with Crippen LogP contribution in [0.5, 0.6) is 0 Å². The average molecular weight is 201 g/mol. The lowest BCUT2D eigenvalue weighted by Crippen LogP contribution is -2.22. The molecule has 0 spiro atoms. The lowest BCUT2D eigenvalue weighted by molar-refractivity contribution is 0.164. The van der Waals surface area contributed by atoms with Crippen LogP contribution in [0.1, 0.15) is 18.5 Å². The quantitative estimate of drug-likeness (QED) is 0.782. The van der Waals surface area contributed by atoms with E-state index in [0.717, 1.165) is 10.9 Å². The highest BCUT2D eigenvalue weighted by Gasteiger charge is 2.11. The summed E-state index contributed by atoms with van der Waals surface area (Å²) in [6.45, 7) is 1.71. The van der Waals surface area contributed by atoms with Crippen LogP contribution >= 0.6 is 0 Å². The summed E-state index contributed by atoms with van der Waals surface area (Å²) in [7, 11) is 0. The first-order valence-corrected chi connectivity index (χ1v) is 5.11. The summed E-state index contributed by atoms with van der Waals surface area (Å²) in [5.74, 6) is 0. The van der Waals surface area contributed by atoms with Crippen molar-refractivity contribution in [3.05, 3.63) is 48.0 Å². The Morgan fingerprint density at radius 2 is 1.73 bits per heavy atom. The van der Waals surface area contributed by atoms with Crippen molar-refractivity contribution < 1.29 is 5.11 Å². The van der Waals surface area contributed by atoms with Crippen LogP contribution in [0.25, 0.3) is 10.8 Å². The Hall–Kier alpha value is -1.38. The van der Waals surface area contributed by atoms with Gasteiger partial charge in [-0.3, -0.25) is 0 Å². The van der Waals surface area contributed by atoms with Crippen LogP contribution in [-0.4, -0.2) is 11.2 Å². The fourth-order valence-corrected chi connectivity index (χ4v) is 1.69. The van der Waals surface area contributed by atoms with Gasteiger partial charge in [-0.15, -0.1) is 0 Å². The third-order valence-corrected chi connectivity index (χ3v) is 2.68. The first-order valence-electron chi connectivity index (χ1n) is 5.11. The Balaban J connectivity index is 2.47. The van der Waals surface area contributed by atoms with E-state index in [2.05, 4.69) is 6.07 Å². The van der Waals surface area contributed by atoms with Gasteiger partial charge in [0.2, 0.25) is 0 Å².